The maximum Gasteiger partial charge on any atom is 0.155 e. The van der Waals surface area contributed by atoms with E-state index >= 15 is 0 Å². The third-order valence-corrected chi connectivity index (χ3v) is 11.6. The number of pyridine rings is 3. The van der Waals surface area contributed by atoms with E-state index in [-0.39, 0.29) is 94.9 Å². The summed E-state index contributed by atoms with van der Waals surface area (Å²) in [4.78, 5) is 43.8. The van der Waals surface area contributed by atoms with Crippen LogP contribution in [0.3, 0.4) is 0 Å². The molecule has 0 aliphatic rings. The summed E-state index contributed by atoms with van der Waals surface area (Å²) in [6.07, 6.45) is 8.31. The second kappa shape index (κ2) is 39.3. The van der Waals surface area contributed by atoms with Gasteiger partial charge in [-0.2, -0.15) is 0 Å². The number of fused-ring (bicyclic) bond motifs is 1. The molecule has 3 heterocycles. The van der Waals surface area contributed by atoms with E-state index in [0.717, 1.165) is 51.3 Å². The Morgan fingerprint density at radius 1 is 0.482 bits per heavy atom. The molecule has 9 aromatic rings. The van der Waals surface area contributed by atoms with Crippen molar-refractivity contribution >= 4 is 28.3 Å². The molecule has 12 heteroatoms. The van der Waals surface area contributed by atoms with Crippen molar-refractivity contribution in [2.45, 2.75) is 96.4 Å². The van der Waals surface area contributed by atoms with Crippen LogP contribution in [0.2, 0.25) is 0 Å². The molecule has 0 spiro atoms. The minimum absolute atomic E-state index is 0. The Hall–Kier alpha value is -7.39. The zero-order chi connectivity index (χ0) is 60.3. The largest absolute Gasteiger partial charge is 0.512 e. The number of hydrogen-bond acceptors (Lipinski definition) is 9. The van der Waals surface area contributed by atoms with Gasteiger partial charge in [-0.25, -0.2) is 0 Å². The Balaban J connectivity index is 0.000000539. The van der Waals surface area contributed by atoms with Crippen molar-refractivity contribution in [3.8, 4) is 56.0 Å². The average Bonchev–Trinajstić information content (AvgIpc) is 3.59. The van der Waals surface area contributed by atoms with Crippen molar-refractivity contribution in [2.24, 2.45) is 5.92 Å². The number of allylic oxidation sites excluding steroid dienone is 6. The molecule has 0 saturated carbocycles. The number of rotatable bonds is 10. The van der Waals surface area contributed by atoms with Crippen LogP contribution in [-0.2, 0) is 81.1 Å². The molecule has 0 fully saturated rings. The van der Waals surface area contributed by atoms with Crippen LogP contribution in [0.5, 0.6) is 0 Å². The van der Waals surface area contributed by atoms with E-state index in [9.17, 15) is 14.4 Å². The van der Waals surface area contributed by atoms with Crippen LogP contribution in [0.4, 0.5) is 0 Å². The van der Waals surface area contributed by atoms with Crippen LogP contribution in [0, 0.1) is 58.7 Å². The number of aliphatic hydroxyl groups is 3. The van der Waals surface area contributed by atoms with Crippen LogP contribution in [0.15, 0.2) is 206 Å². The van der Waals surface area contributed by atoms with Gasteiger partial charge in [-0.1, -0.05) is 118 Å². The summed E-state index contributed by atoms with van der Waals surface area (Å²) in [6.45, 7) is 23.6. The Bertz CT molecular complexity index is 3540. The van der Waals surface area contributed by atoms with E-state index in [1.54, 1.807) is 0 Å². The van der Waals surface area contributed by atoms with Crippen molar-refractivity contribution < 1.29 is 90.0 Å². The topological polar surface area (TPSA) is 151 Å². The van der Waals surface area contributed by atoms with Crippen LogP contribution in [-0.4, -0.2) is 47.6 Å². The number of aliphatic hydroxyl groups excluding tert-OH is 3. The van der Waals surface area contributed by atoms with Gasteiger partial charge in [0.15, 0.2) is 17.3 Å². The molecule has 9 nitrogen and oxygen atoms in total. The maximum absolute atomic E-state index is 10.0. The third kappa shape index (κ3) is 28.8. The quantitative estimate of drug-likeness (QED) is 0.0691. The standard InChI is InChI=1S/C21H22N.C19H16N.C18H14N.3C5H8O2.3Ir/c1-14(2)9-17-5-6-18-7-8-20(22-21(18)13-17)19-11-15(3)10-16(4)12-19;1-14-8-9-18(15(2)12-14)17-10-11-20-19(13-17)16-6-4-3-5-7-16;1-14-7-9-15(10-8-14)17-11-12-19-18(13-17)16-5-3-2-4-6-16;3*1-4(6)3-5(2)7;;;/h5-8,10-11,13-14H,9H2,1-4H3;3-6,8-13H,1-2H3;2-5,7-13H,1H3;3*3,6H,1-2H3;;;/q3*-1;;;;;;. The first-order chi connectivity index (χ1) is 38.9. The Morgan fingerprint density at radius 2 is 0.976 bits per heavy atom. The molecular formula is C73H76Ir3N3O6-3. The summed E-state index contributed by atoms with van der Waals surface area (Å²) < 4.78 is 0. The SMILES string of the molecule is CC(=O)C=C(C)O.CC(=O)C=C(C)O.CC(=O)C=C(C)O.Cc1[c-]c(-c2ccc3ccc(CC(C)C)cc3n2)cc(C)c1.Cc1ccc(-c2ccnc(-c3[c-]cccc3)c2)c(C)c1.Cc1ccc(-c2ccnc(-c3[c-]cccc3)c2)cc1.[Ir].[Ir].[Ir]. The normalized spacial score (nSPS) is 10.5. The second-order valence-corrected chi connectivity index (χ2v) is 20.4. The molecule has 0 aliphatic carbocycles. The fourth-order valence-corrected chi connectivity index (χ4v) is 8.32. The predicted octanol–water partition coefficient (Wildman–Crippen LogP) is 18.0. The molecule has 9 rings (SSSR count). The van der Waals surface area contributed by atoms with E-state index in [4.69, 9.17) is 20.3 Å². The molecule has 0 atom stereocenters. The average molecular weight is 1670 g/mol. The van der Waals surface area contributed by atoms with Crippen molar-refractivity contribution in [3.63, 3.8) is 0 Å². The number of carbonyl (C=O) groups excluding carboxylic acids is 3. The summed E-state index contributed by atoms with van der Waals surface area (Å²) in [7, 11) is 0. The van der Waals surface area contributed by atoms with Gasteiger partial charge in [0, 0.05) is 90.9 Å². The fourth-order valence-electron chi connectivity index (χ4n) is 8.32. The Labute approximate surface area is 544 Å². The van der Waals surface area contributed by atoms with Crippen LogP contribution in [0.25, 0.3) is 66.9 Å². The molecular weight excluding hydrogens is 1590 g/mol. The number of hydrogen-bond donors (Lipinski definition) is 3. The Morgan fingerprint density at radius 3 is 1.42 bits per heavy atom. The van der Waals surface area contributed by atoms with Gasteiger partial charge in [0.25, 0.3) is 0 Å². The Kier molecular flexibility index (Phi) is 34.9. The monoisotopic (exact) mass is 1670 g/mol. The third-order valence-electron chi connectivity index (χ3n) is 11.6. The summed E-state index contributed by atoms with van der Waals surface area (Å²) >= 11 is 0. The van der Waals surface area contributed by atoms with E-state index < -0.39 is 0 Å². The molecule has 0 unspecified atom stereocenters. The molecule has 449 valence electrons. The first-order valence-electron chi connectivity index (χ1n) is 27.0. The minimum atomic E-state index is -0.125. The molecule has 0 aliphatic heterocycles. The maximum atomic E-state index is 10.0. The number of nitrogens with zero attached hydrogens (tertiary/aromatic N) is 3. The van der Waals surface area contributed by atoms with E-state index in [1.807, 2.05) is 67.0 Å². The minimum Gasteiger partial charge on any atom is -0.512 e. The van der Waals surface area contributed by atoms with Gasteiger partial charge < -0.3 is 25.3 Å². The zero-order valence-electron chi connectivity index (χ0n) is 50.6. The number of aromatic nitrogens is 3. The number of aryl methyl sites for hydroxylation is 5. The summed E-state index contributed by atoms with van der Waals surface area (Å²) in [5.74, 6) is 0.473. The van der Waals surface area contributed by atoms with Gasteiger partial charge >= 0.3 is 0 Å². The van der Waals surface area contributed by atoms with Gasteiger partial charge in [0.2, 0.25) is 0 Å². The number of benzene rings is 6. The molecule has 3 N–H and O–H groups in total. The zero-order valence-corrected chi connectivity index (χ0v) is 57.8. The van der Waals surface area contributed by atoms with Gasteiger partial charge in [0.05, 0.1) is 22.8 Å². The summed E-state index contributed by atoms with van der Waals surface area (Å²) in [5, 5.41) is 26.3. The smallest absolute Gasteiger partial charge is 0.155 e. The van der Waals surface area contributed by atoms with Crippen molar-refractivity contribution in [1.82, 2.24) is 15.0 Å². The second-order valence-electron chi connectivity index (χ2n) is 20.4. The number of carbonyl (C=O) groups is 3. The van der Waals surface area contributed by atoms with E-state index in [1.165, 1.54) is 115 Å². The predicted molar refractivity (Wildman–Crippen MR) is 337 cm³/mol. The first-order valence-corrected chi connectivity index (χ1v) is 27.0. The van der Waals surface area contributed by atoms with Crippen molar-refractivity contribution in [3.05, 3.63) is 257 Å². The summed E-state index contributed by atoms with van der Waals surface area (Å²) in [6, 6.07) is 64.3. The molecule has 6 aromatic carbocycles. The molecule has 0 bridgehead atoms. The van der Waals surface area contributed by atoms with Crippen molar-refractivity contribution in [2.75, 3.05) is 0 Å². The fraction of sp³-hybridized carbons (Fsp3) is 0.205. The number of ketones is 3. The molecule has 0 amide bonds. The van der Waals surface area contributed by atoms with Gasteiger partial charge in [0.1, 0.15) is 0 Å². The van der Waals surface area contributed by atoms with Crippen LogP contribution >= 0.6 is 0 Å². The molecule has 3 radical (unpaired) electrons. The van der Waals surface area contributed by atoms with E-state index in [2.05, 4.69) is 180 Å². The van der Waals surface area contributed by atoms with Crippen molar-refractivity contribution in [1.29, 1.82) is 0 Å². The van der Waals surface area contributed by atoms with Gasteiger partial charge in [-0.3, -0.25) is 19.4 Å². The van der Waals surface area contributed by atoms with E-state index in [0.29, 0.717) is 5.92 Å². The summed E-state index contributed by atoms with van der Waals surface area (Å²) in [5.41, 5.74) is 19.6. The first kappa shape index (κ1) is 75.6. The molecule has 0 saturated heterocycles. The van der Waals surface area contributed by atoms with Gasteiger partial charge in [-0.15, -0.1) is 107 Å². The van der Waals surface area contributed by atoms with Crippen LogP contribution in [0.1, 0.15) is 88.8 Å². The molecule has 85 heavy (non-hydrogen) atoms. The molecule has 3 aromatic heterocycles. The van der Waals surface area contributed by atoms with Gasteiger partial charge in [-0.05, 0) is 149 Å². The van der Waals surface area contributed by atoms with Crippen LogP contribution < -0.4 is 0 Å².